The van der Waals surface area contributed by atoms with Crippen LogP contribution in [0.5, 0.6) is 0 Å². The van der Waals surface area contributed by atoms with Crippen LogP contribution in [-0.2, 0) is 11.3 Å². The molecule has 0 aromatic carbocycles. The number of hydrogen-bond acceptors (Lipinski definition) is 3. The van der Waals surface area contributed by atoms with Gasteiger partial charge in [0.15, 0.2) is 0 Å². The van der Waals surface area contributed by atoms with Gasteiger partial charge in [-0.1, -0.05) is 6.92 Å². The predicted octanol–water partition coefficient (Wildman–Crippen LogP) is 2.72. The molecule has 0 bridgehead atoms. The lowest BCUT2D eigenvalue weighted by atomic mass is 9.90. The Morgan fingerprint density at radius 2 is 2.23 bits per heavy atom. The van der Waals surface area contributed by atoms with Crippen LogP contribution in [0.2, 0.25) is 0 Å². The first kappa shape index (κ1) is 15.3. The maximum absolute atomic E-state index is 12.3. The smallest absolute Gasteiger partial charge is 0.321 e. The van der Waals surface area contributed by atoms with E-state index in [0.717, 1.165) is 51.2 Å². The molecule has 2 amide bonds. The number of ether oxygens (including phenoxy) is 1. The third-order valence-corrected chi connectivity index (χ3v) is 4.65. The van der Waals surface area contributed by atoms with Crippen molar-refractivity contribution >= 4 is 11.7 Å². The van der Waals surface area contributed by atoms with Crippen LogP contribution in [0.3, 0.4) is 0 Å². The molecule has 2 fully saturated rings. The van der Waals surface area contributed by atoms with E-state index in [1.165, 1.54) is 12.8 Å². The molecule has 6 nitrogen and oxygen atoms in total. The summed E-state index contributed by atoms with van der Waals surface area (Å²) in [6.07, 6.45) is 9.54. The zero-order chi connectivity index (χ0) is 15.4. The molecule has 122 valence electrons. The van der Waals surface area contributed by atoms with Gasteiger partial charge in [0.25, 0.3) is 0 Å². The Morgan fingerprint density at radius 3 is 2.91 bits per heavy atom. The third kappa shape index (κ3) is 3.61. The van der Waals surface area contributed by atoms with Gasteiger partial charge in [-0.05, 0) is 38.0 Å². The summed E-state index contributed by atoms with van der Waals surface area (Å²) in [5.41, 5.74) is 0.777. The SMILES string of the molecule is CCCn1cc(NC(=O)N2CCC(C3CCCO3)CC2)cn1. The fourth-order valence-electron chi connectivity index (χ4n) is 3.43. The maximum Gasteiger partial charge on any atom is 0.321 e. The molecule has 0 radical (unpaired) electrons. The van der Waals surface area contributed by atoms with Crippen LogP contribution in [0, 0.1) is 5.92 Å². The summed E-state index contributed by atoms with van der Waals surface area (Å²) in [5, 5.41) is 7.18. The Balaban J connectivity index is 1.46. The largest absolute Gasteiger partial charge is 0.378 e. The van der Waals surface area contributed by atoms with Gasteiger partial charge in [-0.15, -0.1) is 0 Å². The van der Waals surface area contributed by atoms with E-state index in [1.54, 1.807) is 6.20 Å². The normalized spacial score (nSPS) is 23.0. The summed E-state index contributed by atoms with van der Waals surface area (Å²) >= 11 is 0. The number of hydrogen-bond donors (Lipinski definition) is 1. The number of urea groups is 1. The van der Waals surface area contributed by atoms with Gasteiger partial charge in [0.2, 0.25) is 0 Å². The molecule has 2 saturated heterocycles. The topological polar surface area (TPSA) is 59.4 Å². The number of rotatable bonds is 4. The Hall–Kier alpha value is -1.56. The molecule has 1 N–H and O–H groups in total. The molecule has 0 aliphatic carbocycles. The van der Waals surface area contributed by atoms with Crippen molar-refractivity contribution in [1.29, 1.82) is 0 Å². The summed E-state index contributed by atoms with van der Waals surface area (Å²) in [6, 6.07) is -0.0122. The first-order chi connectivity index (χ1) is 10.8. The van der Waals surface area contributed by atoms with Crippen LogP contribution in [0.15, 0.2) is 12.4 Å². The van der Waals surface area contributed by atoms with E-state index in [0.29, 0.717) is 12.0 Å². The summed E-state index contributed by atoms with van der Waals surface area (Å²) in [6.45, 7) is 5.53. The van der Waals surface area contributed by atoms with Crippen molar-refractivity contribution in [2.24, 2.45) is 5.92 Å². The lowest BCUT2D eigenvalue weighted by molar-refractivity contribution is 0.0382. The van der Waals surface area contributed by atoms with Gasteiger partial charge in [-0.25, -0.2) is 4.79 Å². The minimum absolute atomic E-state index is 0.0122. The number of anilines is 1. The minimum Gasteiger partial charge on any atom is -0.378 e. The van der Waals surface area contributed by atoms with Crippen molar-refractivity contribution < 1.29 is 9.53 Å². The molecule has 6 heteroatoms. The number of nitrogens with one attached hydrogen (secondary N) is 1. The van der Waals surface area contributed by atoms with Gasteiger partial charge in [-0.2, -0.15) is 5.10 Å². The molecule has 1 aromatic rings. The standard InChI is InChI=1S/C16H26N4O2/c1-2-7-20-12-14(11-17-20)18-16(21)19-8-5-13(6-9-19)15-4-3-10-22-15/h11-13,15H,2-10H2,1H3,(H,18,21). The second kappa shape index (κ2) is 7.13. The lowest BCUT2D eigenvalue weighted by Gasteiger charge is -2.34. The van der Waals surface area contributed by atoms with Crippen LogP contribution in [0.4, 0.5) is 10.5 Å². The van der Waals surface area contributed by atoms with Crippen molar-refractivity contribution in [2.75, 3.05) is 25.0 Å². The summed E-state index contributed by atoms with van der Waals surface area (Å²) in [5.74, 6) is 0.624. The zero-order valence-electron chi connectivity index (χ0n) is 13.3. The Kier molecular flexibility index (Phi) is 4.97. The minimum atomic E-state index is -0.0122. The van der Waals surface area contributed by atoms with Crippen LogP contribution in [0.1, 0.15) is 39.0 Å². The monoisotopic (exact) mass is 306 g/mol. The average Bonchev–Trinajstić information content (AvgIpc) is 3.20. The molecule has 3 heterocycles. The summed E-state index contributed by atoms with van der Waals surface area (Å²) in [7, 11) is 0. The third-order valence-electron chi connectivity index (χ3n) is 4.65. The van der Waals surface area contributed by atoms with E-state index in [4.69, 9.17) is 4.74 Å². The highest BCUT2D eigenvalue weighted by atomic mass is 16.5. The molecule has 1 atom stereocenters. The van der Waals surface area contributed by atoms with E-state index in [9.17, 15) is 4.79 Å². The molecule has 1 aromatic heterocycles. The van der Waals surface area contributed by atoms with Crippen molar-refractivity contribution in [3.8, 4) is 0 Å². The van der Waals surface area contributed by atoms with E-state index < -0.39 is 0 Å². The molecule has 3 rings (SSSR count). The predicted molar refractivity (Wildman–Crippen MR) is 84.8 cm³/mol. The van der Waals surface area contributed by atoms with Crippen molar-refractivity contribution in [2.45, 2.75) is 51.7 Å². The molecule has 2 aliphatic heterocycles. The zero-order valence-corrected chi connectivity index (χ0v) is 13.3. The Labute approximate surface area is 131 Å². The summed E-state index contributed by atoms with van der Waals surface area (Å²) < 4.78 is 7.64. The summed E-state index contributed by atoms with van der Waals surface area (Å²) in [4.78, 5) is 14.2. The van der Waals surface area contributed by atoms with Gasteiger partial charge in [0.05, 0.1) is 18.0 Å². The molecule has 0 spiro atoms. The van der Waals surface area contributed by atoms with Crippen LogP contribution in [-0.4, -0.2) is 46.5 Å². The van der Waals surface area contributed by atoms with Gasteiger partial charge >= 0.3 is 6.03 Å². The van der Waals surface area contributed by atoms with Gasteiger partial charge in [0.1, 0.15) is 0 Å². The van der Waals surface area contributed by atoms with Crippen LogP contribution in [0.25, 0.3) is 0 Å². The Morgan fingerprint density at radius 1 is 1.41 bits per heavy atom. The lowest BCUT2D eigenvalue weighted by Crippen LogP contribution is -2.43. The molecule has 0 saturated carbocycles. The first-order valence-electron chi connectivity index (χ1n) is 8.46. The number of carbonyl (C=O) groups is 1. The van der Waals surface area contributed by atoms with E-state index >= 15 is 0 Å². The fourth-order valence-corrected chi connectivity index (χ4v) is 3.43. The molecular formula is C16H26N4O2. The van der Waals surface area contributed by atoms with Crippen molar-refractivity contribution in [3.63, 3.8) is 0 Å². The van der Waals surface area contributed by atoms with Crippen molar-refractivity contribution in [3.05, 3.63) is 12.4 Å². The second-order valence-corrected chi connectivity index (χ2v) is 6.30. The number of piperidine rings is 1. The Bertz CT molecular complexity index is 488. The number of likely N-dealkylation sites (tertiary alicyclic amines) is 1. The van der Waals surface area contributed by atoms with Crippen molar-refractivity contribution in [1.82, 2.24) is 14.7 Å². The van der Waals surface area contributed by atoms with Crippen LogP contribution >= 0.6 is 0 Å². The fraction of sp³-hybridized carbons (Fsp3) is 0.750. The van der Waals surface area contributed by atoms with E-state index in [-0.39, 0.29) is 6.03 Å². The molecule has 22 heavy (non-hydrogen) atoms. The molecule has 1 unspecified atom stereocenters. The van der Waals surface area contributed by atoms with Gasteiger partial charge < -0.3 is 15.0 Å². The highest BCUT2D eigenvalue weighted by Gasteiger charge is 2.30. The number of nitrogens with zero attached hydrogens (tertiary/aromatic N) is 3. The first-order valence-corrected chi connectivity index (χ1v) is 8.46. The van der Waals surface area contributed by atoms with Gasteiger partial charge in [0, 0.05) is 32.4 Å². The number of aryl methyl sites for hydroxylation is 1. The quantitative estimate of drug-likeness (QED) is 0.930. The molecule has 2 aliphatic rings. The number of amides is 2. The second-order valence-electron chi connectivity index (χ2n) is 6.30. The van der Waals surface area contributed by atoms with Crippen LogP contribution < -0.4 is 5.32 Å². The highest BCUT2D eigenvalue weighted by Crippen LogP contribution is 2.29. The average molecular weight is 306 g/mol. The molecular weight excluding hydrogens is 280 g/mol. The van der Waals surface area contributed by atoms with Gasteiger partial charge in [-0.3, -0.25) is 4.68 Å². The highest BCUT2D eigenvalue weighted by molar-refractivity contribution is 5.89. The van der Waals surface area contributed by atoms with E-state index in [2.05, 4.69) is 17.3 Å². The maximum atomic E-state index is 12.3. The number of aromatic nitrogens is 2. The van der Waals surface area contributed by atoms with E-state index in [1.807, 2.05) is 15.8 Å². The number of carbonyl (C=O) groups excluding carboxylic acids is 1.